The monoisotopic (exact) mass is 335 g/mol. The third kappa shape index (κ3) is 3.71. The first kappa shape index (κ1) is 16.2. The molecule has 0 unspecified atom stereocenters. The van der Waals surface area contributed by atoms with Crippen molar-refractivity contribution in [3.05, 3.63) is 52.4 Å². The molecule has 2 aromatic rings. The third-order valence-corrected chi connectivity index (χ3v) is 5.84. The smallest absolute Gasteiger partial charge is 0.251 e. The maximum atomic E-state index is 12.0. The minimum Gasteiger partial charge on any atom is -0.347 e. The van der Waals surface area contributed by atoms with Crippen molar-refractivity contribution in [2.45, 2.75) is 10.8 Å². The van der Waals surface area contributed by atoms with Crippen LogP contribution in [-0.2, 0) is 16.6 Å². The van der Waals surface area contributed by atoms with E-state index >= 15 is 0 Å². The highest BCUT2D eigenvalue weighted by Gasteiger charge is 2.14. The van der Waals surface area contributed by atoms with Gasteiger partial charge in [0.05, 0.1) is 18.2 Å². The average molecular weight is 335 g/mol. The molecule has 0 atom stereocenters. The van der Waals surface area contributed by atoms with E-state index in [1.54, 1.807) is 24.3 Å². The summed E-state index contributed by atoms with van der Waals surface area (Å²) in [6.45, 7) is 0.222. The Morgan fingerprint density at radius 3 is 2.77 bits per heavy atom. The molecule has 0 spiro atoms. The van der Waals surface area contributed by atoms with E-state index in [9.17, 15) is 13.2 Å². The zero-order chi connectivity index (χ0) is 16.2. The van der Waals surface area contributed by atoms with Crippen LogP contribution in [0.5, 0.6) is 0 Å². The molecule has 1 amide bonds. The van der Waals surface area contributed by atoms with E-state index in [1.165, 1.54) is 19.2 Å². The van der Waals surface area contributed by atoms with Gasteiger partial charge in [0.1, 0.15) is 4.21 Å². The quantitative estimate of drug-likeness (QED) is 0.864. The van der Waals surface area contributed by atoms with E-state index in [0.717, 1.165) is 16.2 Å². The second-order valence-electron chi connectivity index (χ2n) is 4.30. The third-order valence-electron chi connectivity index (χ3n) is 2.85. The first-order chi connectivity index (χ1) is 10.5. The van der Waals surface area contributed by atoms with Gasteiger partial charge in [-0.15, -0.1) is 11.3 Å². The number of hydrogen-bond acceptors (Lipinski definition) is 5. The Hall–Kier alpha value is -2.21. The number of thiophene rings is 1. The summed E-state index contributed by atoms with van der Waals surface area (Å²) in [6, 6.07) is 11.5. The number of benzene rings is 1. The van der Waals surface area contributed by atoms with Gasteiger partial charge in [0, 0.05) is 10.4 Å². The lowest BCUT2D eigenvalue weighted by Gasteiger charge is -2.04. The summed E-state index contributed by atoms with van der Waals surface area (Å²) >= 11 is 1.09. The second-order valence-corrected chi connectivity index (χ2v) is 7.59. The number of nitrogens with zero attached hydrogens (tertiary/aromatic N) is 1. The number of rotatable bonds is 5. The van der Waals surface area contributed by atoms with Gasteiger partial charge in [-0.05, 0) is 37.4 Å². The lowest BCUT2D eigenvalue weighted by atomic mass is 10.1. The highest BCUT2D eigenvalue weighted by atomic mass is 32.2. The Labute approximate surface area is 132 Å². The number of nitrogens with one attached hydrogen (secondary N) is 2. The minimum atomic E-state index is -3.46. The van der Waals surface area contributed by atoms with Crippen molar-refractivity contribution in [3.8, 4) is 6.07 Å². The molecule has 0 bridgehead atoms. The van der Waals surface area contributed by atoms with Crippen LogP contribution in [0.25, 0.3) is 0 Å². The van der Waals surface area contributed by atoms with Crippen LogP contribution in [0.15, 0.2) is 40.6 Å². The van der Waals surface area contributed by atoms with E-state index in [0.29, 0.717) is 11.1 Å². The van der Waals surface area contributed by atoms with Gasteiger partial charge in [0.25, 0.3) is 5.91 Å². The standard InChI is InChI=1S/C14H13N3O3S2/c1-16-22(19,20)13-6-5-12(21-13)9-17-14(18)11-4-2-3-10(7-11)8-15/h2-7,16H,9H2,1H3,(H,17,18). The Morgan fingerprint density at radius 1 is 1.32 bits per heavy atom. The van der Waals surface area contributed by atoms with E-state index in [1.807, 2.05) is 6.07 Å². The molecular weight excluding hydrogens is 322 g/mol. The van der Waals surface area contributed by atoms with Crippen molar-refractivity contribution in [2.24, 2.45) is 0 Å². The van der Waals surface area contributed by atoms with Crippen LogP contribution in [0.4, 0.5) is 0 Å². The molecule has 0 fully saturated rings. The van der Waals surface area contributed by atoms with Crippen molar-refractivity contribution in [1.29, 1.82) is 5.26 Å². The van der Waals surface area contributed by atoms with Gasteiger partial charge >= 0.3 is 0 Å². The van der Waals surface area contributed by atoms with E-state index in [-0.39, 0.29) is 16.7 Å². The number of carbonyl (C=O) groups is 1. The van der Waals surface area contributed by atoms with Crippen molar-refractivity contribution >= 4 is 27.3 Å². The van der Waals surface area contributed by atoms with Crippen LogP contribution in [0.2, 0.25) is 0 Å². The predicted octanol–water partition coefficient (Wildman–Crippen LogP) is 1.46. The Morgan fingerprint density at radius 2 is 2.09 bits per heavy atom. The molecular formula is C14H13N3O3S2. The van der Waals surface area contributed by atoms with Crippen molar-refractivity contribution in [1.82, 2.24) is 10.0 Å². The second kappa shape index (κ2) is 6.70. The molecule has 114 valence electrons. The maximum Gasteiger partial charge on any atom is 0.251 e. The summed E-state index contributed by atoms with van der Waals surface area (Å²) < 4.78 is 25.7. The van der Waals surface area contributed by atoms with Crippen LogP contribution < -0.4 is 10.0 Å². The number of hydrogen-bond donors (Lipinski definition) is 2. The zero-order valence-electron chi connectivity index (χ0n) is 11.7. The van der Waals surface area contributed by atoms with Gasteiger partial charge in [-0.25, -0.2) is 13.1 Å². The first-order valence-electron chi connectivity index (χ1n) is 6.27. The van der Waals surface area contributed by atoms with Gasteiger partial charge in [-0.2, -0.15) is 5.26 Å². The molecule has 2 N–H and O–H groups in total. The van der Waals surface area contributed by atoms with Gasteiger partial charge in [0.15, 0.2) is 0 Å². The number of carbonyl (C=O) groups excluding carboxylic acids is 1. The first-order valence-corrected chi connectivity index (χ1v) is 8.57. The fourth-order valence-electron chi connectivity index (χ4n) is 1.70. The van der Waals surface area contributed by atoms with E-state index in [4.69, 9.17) is 5.26 Å². The predicted molar refractivity (Wildman–Crippen MR) is 82.9 cm³/mol. The zero-order valence-corrected chi connectivity index (χ0v) is 13.3. The highest BCUT2D eigenvalue weighted by Crippen LogP contribution is 2.21. The lowest BCUT2D eigenvalue weighted by molar-refractivity contribution is 0.0951. The molecule has 0 aliphatic carbocycles. The molecule has 2 rings (SSSR count). The SMILES string of the molecule is CNS(=O)(=O)c1ccc(CNC(=O)c2cccc(C#N)c2)s1. The summed E-state index contributed by atoms with van der Waals surface area (Å²) in [5.74, 6) is -0.316. The Balaban J connectivity index is 2.04. The topological polar surface area (TPSA) is 99.1 Å². The number of nitriles is 1. The maximum absolute atomic E-state index is 12.0. The van der Waals surface area contributed by atoms with Crippen molar-refractivity contribution < 1.29 is 13.2 Å². The molecule has 8 heteroatoms. The fraction of sp³-hybridized carbons (Fsp3) is 0.143. The molecule has 22 heavy (non-hydrogen) atoms. The number of amides is 1. The molecule has 0 saturated heterocycles. The normalized spacial score (nSPS) is 10.9. The minimum absolute atomic E-state index is 0.200. The Bertz CT molecular complexity index is 835. The lowest BCUT2D eigenvalue weighted by Crippen LogP contribution is -2.22. The Kier molecular flexibility index (Phi) is 4.92. The average Bonchev–Trinajstić information content (AvgIpc) is 3.02. The molecule has 1 heterocycles. The molecule has 6 nitrogen and oxygen atoms in total. The van der Waals surface area contributed by atoms with Crippen LogP contribution in [0, 0.1) is 11.3 Å². The van der Waals surface area contributed by atoms with Gasteiger partial charge in [0.2, 0.25) is 10.0 Å². The van der Waals surface area contributed by atoms with Gasteiger partial charge in [-0.1, -0.05) is 6.07 Å². The molecule has 0 saturated carbocycles. The van der Waals surface area contributed by atoms with Crippen molar-refractivity contribution in [2.75, 3.05) is 7.05 Å². The fourth-order valence-corrected chi connectivity index (χ4v) is 3.83. The molecule has 0 aliphatic rings. The number of sulfonamides is 1. The van der Waals surface area contributed by atoms with E-state index in [2.05, 4.69) is 10.0 Å². The summed E-state index contributed by atoms with van der Waals surface area (Å²) in [5, 5.41) is 11.5. The summed E-state index contributed by atoms with van der Waals surface area (Å²) in [6.07, 6.45) is 0. The van der Waals surface area contributed by atoms with E-state index < -0.39 is 10.0 Å². The van der Waals surface area contributed by atoms with Gasteiger partial charge < -0.3 is 5.32 Å². The van der Waals surface area contributed by atoms with Crippen molar-refractivity contribution in [3.63, 3.8) is 0 Å². The largest absolute Gasteiger partial charge is 0.347 e. The van der Waals surface area contributed by atoms with Gasteiger partial charge in [-0.3, -0.25) is 4.79 Å². The molecule has 0 radical (unpaired) electrons. The summed E-state index contributed by atoms with van der Waals surface area (Å²) in [5.41, 5.74) is 0.796. The van der Waals surface area contributed by atoms with Crippen LogP contribution in [-0.4, -0.2) is 21.4 Å². The van der Waals surface area contributed by atoms with Crippen LogP contribution in [0.1, 0.15) is 20.8 Å². The van der Waals surface area contributed by atoms with Crippen LogP contribution in [0.3, 0.4) is 0 Å². The summed E-state index contributed by atoms with van der Waals surface area (Å²) in [7, 11) is -2.11. The molecule has 0 aliphatic heterocycles. The molecule has 1 aromatic carbocycles. The highest BCUT2D eigenvalue weighted by molar-refractivity contribution is 7.91. The summed E-state index contributed by atoms with van der Waals surface area (Å²) in [4.78, 5) is 12.7. The molecule has 1 aromatic heterocycles. The van der Waals surface area contributed by atoms with Crippen LogP contribution >= 0.6 is 11.3 Å².